The first-order valence-electron chi connectivity index (χ1n) is 18.8. The first-order chi connectivity index (χ1) is 27.6. The molecule has 294 valence electrons. The zero-order valence-corrected chi connectivity index (χ0v) is 32.0. The van der Waals surface area contributed by atoms with E-state index in [1.165, 1.54) is 19.1 Å². The van der Waals surface area contributed by atoms with E-state index in [1.54, 1.807) is 44.2 Å². The molecule has 3 heterocycles. The number of carbonyl (C=O) groups is 3. The number of fused-ring (bicyclic) bond motifs is 2. The number of ketones is 1. The fraction of sp³-hybridized carbons (Fsp3) is 0.267. The fourth-order valence-electron chi connectivity index (χ4n) is 6.61. The first-order valence-corrected chi connectivity index (χ1v) is 18.8. The molecule has 2 aromatic heterocycles. The number of nitrogens with zero attached hydrogens (tertiary/aromatic N) is 1. The summed E-state index contributed by atoms with van der Waals surface area (Å²) in [5.41, 5.74) is 3.60. The van der Waals surface area contributed by atoms with Crippen molar-refractivity contribution in [2.75, 3.05) is 46.0 Å². The van der Waals surface area contributed by atoms with Crippen LogP contribution in [0.15, 0.2) is 128 Å². The van der Waals surface area contributed by atoms with Crippen molar-refractivity contribution in [1.29, 1.82) is 0 Å². The molecule has 0 saturated carbocycles. The Morgan fingerprint density at radius 1 is 0.754 bits per heavy atom. The quantitative estimate of drug-likeness (QED) is 0.0839. The summed E-state index contributed by atoms with van der Waals surface area (Å²) in [4.78, 5) is 62.8. The lowest BCUT2D eigenvalue weighted by Crippen LogP contribution is -2.43. The number of morpholine rings is 1. The maximum atomic E-state index is 12.4. The topological polar surface area (TPSA) is 155 Å². The van der Waals surface area contributed by atoms with Crippen LogP contribution in [0.1, 0.15) is 32.3 Å². The van der Waals surface area contributed by atoms with Crippen molar-refractivity contribution >= 4 is 39.6 Å². The minimum absolute atomic E-state index is 0.184. The number of amides is 1. The maximum absolute atomic E-state index is 12.4. The highest BCUT2D eigenvalue weighted by Crippen LogP contribution is 2.31. The molecule has 6 aromatic rings. The van der Waals surface area contributed by atoms with E-state index in [0.29, 0.717) is 29.0 Å². The summed E-state index contributed by atoms with van der Waals surface area (Å²) in [6, 6.07) is 32.4. The van der Waals surface area contributed by atoms with Crippen LogP contribution in [0.25, 0.3) is 44.2 Å². The molecular weight excluding hydrogens is 728 g/mol. The summed E-state index contributed by atoms with van der Waals surface area (Å²) < 4.78 is 26.8. The number of Topliss-reactive ketones (excluding diaryl/α,β-unsaturated/α-hetero) is 1. The van der Waals surface area contributed by atoms with Crippen LogP contribution in [0.3, 0.4) is 0 Å². The van der Waals surface area contributed by atoms with Crippen LogP contribution in [-0.4, -0.2) is 74.7 Å². The van der Waals surface area contributed by atoms with Gasteiger partial charge in [0.1, 0.15) is 28.6 Å². The van der Waals surface area contributed by atoms with Crippen LogP contribution >= 0.6 is 0 Å². The summed E-state index contributed by atoms with van der Waals surface area (Å²) in [6.07, 6.45) is -0.675. The molecule has 1 amide bonds. The van der Waals surface area contributed by atoms with Crippen molar-refractivity contribution in [2.45, 2.75) is 32.8 Å². The lowest BCUT2D eigenvalue weighted by molar-refractivity contribution is -0.147. The van der Waals surface area contributed by atoms with E-state index in [9.17, 15) is 24.0 Å². The Morgan fingerprint density at radius 3 is 1.88 bits per heavy atom. The predicted octanol–water partition coefficient (Wildman–Crippen LogP) is 6.37. The lowest BCUT2D eigenvalue weighted by atomic mass is 9.93. The smallest absolute Gasteiger partial charge is 0.336 e. The van der Waals surface area contributed by atoms with E-state index in [4.69, 9.17) is 23.0 Å². The van der Waals surface area contributed by atoms with Crippen molar-refractivity contribution in [3.05, 3.63) is 136 Å². The molecular formula is C45H44N2O10. The Hall–Kier alpha value is -6.37. The van der Waals surface area contributed by atoms with Gasteiger partial charge in [-0.3, -0.25) is 19.3 Å². The number of hydrogen-bond acceptors (Lipinski definition) is 11. The Morgan fingerprint density at radius 2 is 1.32 bits per heavy atom. The molecule has 4 aromatic carbocycles. The van der Waals surface area contributed by atoms with Crippen molar-refractivity contribution < 1.29 is 37.4 Å². The van der Waals surface area contributed by atoms with Crippen molar-refractivity contribution in [1.82, 2.24) is 10.2 Å². The van der Waals surface area contributed by atoms with Gasteiger partial charge in [-0.05, 0) is 66.8 Å². The number of ether oxygens (including phenoxy) is 3. The molecule has 1 aliphatic rings. The molecule has 0 aliphatic carbocycles. The van der Waals surface area contributed by atoms with E-state index < -0.39 is 29.2 Å². The Labute approximate surface area is 329 Å². The van der Waals surface area contributed by atoms with Crippen LogP contribution in [0.5, 0.6) is 5.75 Å². The van der Waals surface area contributed by atoms with Gasteiger partial charge in [0, 0.05) is 55.2 Å². The third-order valence-corrected chi connectivity index (χ3v) is 9.43. The van der Waals surface area contributed by atoms with Crippen molar-refractivity contribution in [2.24, 2.45) is 0 Å². The summed E-state index contributed by atoms with van der Waals surface area (Å²) in [5, 5.41) is 4.44. The van der Waals surface area contributed by atoms with Crippen LogP contribution in [0.4, 0.5) is 0 Å². The van der Waals surface area contributed by atoms with Gasteiger partial charge in [-0.15, -0.1) is 0 Å². The van der Waals surface area contributed by atoms with Gasteiger partial charge in [0.25, 0.3) is 5.91 Å². The molecule has 12 heteroatoms. The molecule has 2 atom stereocenters. The monoisotopic (exact) mass is 772 g/mol. The van der Waals surface area contributed by atoms with E-state index in [2.05, 4.69) is 10.2 Å². The predicted molar refractivity (Wildman–Crippen MR) is 216 cm³/mol. The zero-order chi connectivity index (χ0) is 40.3. The summed E-state index contributed by atoms with van der Waals surface area (Å²) in [7, 11) is 0. The number of hydrogen-bond donors (Lipinski definition) is 1. The standard InChI is InChI=1S/C24H26N2O5.C21H18O5/c1-17(24(28)25-9-10-26-11-13-29-14-12-26)30-19-7-8-20-21(18-5-3-2-4-6-18)16-23(27)31-22(20)15-19;1-3-25-21(24)20(13(2)22)15-9-10-16-17(14-7-5-4-6-8-14)12-19(23)26-18(16)11-15/h2-8,15-17H,9-14H2,1H3,(H,25,28);4-12,20H,3H2,1-2H3. The van der Waals surface area contributed by atoms with Crippen LogP contribution in [-0.2, 0) is 23.9 Å². The second kappa shape index (κ2) is 19.0. The number of benzene rings is 4. The molecule has 2 unspecified atom stereocenters. The highest BCUT2D eigenvalue weighted by Gasteiger charge is 2.27. The molecule has 0 spiro atoms. The molecule has 57 heavy (non-hydrogen) atoms. The number of rotatable bonds is 12. The van der Waals surface area contributed by atoms with E-state index in [1.807, 2.05) is 66.7 Å². The van der Waals surface area contributed by atoms with Gasteiger partial charge in [-0.25, -0.2) is 9.59 Å². The van der Waals surface area contributed by atoms with Gasteiger partial charge in [-0.2, -0.15) is 0 Å². The molecule has 0 bridgehead atoms. The molecule has 0 radical (unpaired) electrons. The largest absolute Gasteiger partial charge is 0.481 e. The number of esters is 1. The van der Waals surface area contributed by atoms with E-state index >= 15 is 0 Å². The Kier molecular flexibility index (Phi) is 13.4. The average molecular weight is 773 g/mol. The molecule has 1 N–H and O–H groups in total. The van der Waals surface area contributed by atoms with Crippen LogP contribution in [0, 0.1) is 0 Å². The van der Waals surface area contributed by atoms with Crippen molar-refractivity contribution in [3.8, 4) is 28.0 Å². The second-order valence-corrected chi connectivity index (χ2v) is 13.4. The summed E-state index contributed by atoms with van der Waals surface area (Å²) in [6.45, 7) is 9.47. The van der Waals surface area contributed by atoms with Gasteiger partial charge in [0.2, 0.25) is 0 Å². The number of carbonyl (C=O) groups excluding carboxylic acids is 3. The maximum Gasteiger partial charge on any atom is 0.336 e. The van der Waals surface area contributed by atoms with Gasteiger partial charge in [0.15, 0.2) is 6.10 Å². The average Bonchev–Trinajstić information content (AvgIpc) is 3.21. The molecule has 1 fully saturated rings. The lowest BCUT2D eigenvalue weighted by Gasteiger charge is -2.26. The SMILES string of the molecule is CC(Oc1ccc2c(-c3ccccc3)cc(=O)oc2c1)C(=O)NCCN1CCOCC1.CCOC(=O)C(C(C)=O)c1ccc2c(-c3ccccc3)cc(=O)oc2c1. The fourth-order valence-corrected chi connectivity index (χ4v) is 6.61. The van der Waals surface area contributed by atoms with Gasteiger partial charge in [0.05, 0.1) is 19.8 Å². The number of nitrogens with one attached hydrogen (secondary N) is 1. The minimum atomic E-state index is -1.04. The Balaban J connectivity index is 0.000000196. The zero-order valence-electron chi connectivity index (χ0n) is 32.0. The van der Waals surface area contributed by atoms with Crippen LogP contribution < -0.4 is 21.3 Å². The van der Waals surface area contributed by atoms with Gasteiger partial charge >= 0.3 is 17.2 Å². The third kappa shape index (κ3) is 10.3. The van der Waals surface area contributed by atoms with Crippen molar-refractivity contribution in [3.63, 3.8) is 0 Å². The minimum Gasteiger partial charge on any atom is -0.481 e. The van der Waals surface area contributed by atoms with E-state index in [0.717, 1.165) is 65.9 Å². The van der Waals surface area contributed by atoms with E-state index in [-0.39, 0.29) is 18.3 Å². The molecule has 1 saturated heterocycles. The third-order valence-electron chi connectivity index (χ3n) is 9.43. The highest BCUT2D eigenvalue weighted by molar-refractivity contribution is 6.04. The summed E-state index contributed by atoms with van der Waals surface area (Å²) >= 11 is 0. The van der Waals surface area contributed by atoms with Gasteiger partial charge in [-0.1, -0.05) is 72.8 Å². The Bertz CT molecular complexity index is 2450. The first kappa shape index (κ1) is 40.3. The second-order valence-electron chi connectivity index (χ2n) is 13.4. The normalized spacial score (nSPS) is 13.9. The van der Waals surface area contributed by atoms with Gasteiger partial charge < -0.3 is 28.4 Å². The molecule has 12 nitrogen and oxygen atoms in total. The molecule has 1 aliphatic heterocycles. The highest BCUT2D eigenvalue weighted by atomic mass is 16.5. The molecule has 7 rings (SSSR count). The summed E-state index contributed by atoms with van der Waals surface area (Å²) in [5.74, 6) is -1.69. The van der Waals surface area contributed by atoms with Crippen LogP contribution in [0.2, 0.25) is 0 Å².